The van der Waals surface area contributed by atoms with Crippen LogP contribution < -0.4 is 4.74 Å². The molecule has 2 aliphatic rings. The van der Waals surface area contributed by atoms with E-state index in [-0.39, 0.29) is 5.91 Å². The quantitative estimate of drug-likeness (QED) is 0.831. The van der Waals surface area contributed by atoms with Gasteiger partial charge in [0.1, 0.15) is 5.75 Å². The zero-order chi connectivity index (χ0) is 15.5. The molecule has 1 amide bonds. The molecule has 1 aliphatic heterocycles. The maximum atomic E-state index is 12.8. The first kappa shape index (κ1) is 15.7. The number of benzene rings is 1. The van der Waals surface area contributed by atoms with E-state index in [1.807, 2.05) is 19.1 Å². The topological polar surface area (TPSA) is 29.5 Å². The van der Waals surface area contributed by atoms with Gasteiger partial charge in [0, 0.05) is 17.6 Å². The number of carbonyl (C=O) groups is 1. The van der Waals surface area contributed by atoms with Crippen LogP contribution in [0.5, 0.6) is 5.75 Å². The second kappa shape index (κ2) is 6.91. The molecule has 2 fully saturated rings. The predicted octanol–water partition coefficient (Wildman–Crippen LogP) is 4.29. The summed E-state index contributed by atoms with van der Waals surface area (Å²) in [5.74, 6) is 1.53. The molecule has 3 rings (SSSR count). The number of fused-ring (bicyclic) bond motifs is 1. The Kier molecular flexibility index (Phi) is 4.92. The molecule has 120 valence electrons. The molecule has 0 aromatic heterocycles. The van der Waals surface area contributed by atoms with Crippen molar-refractivity contribution in [2.75, 3.05) is 6.54 Å². The number of nitrogens with zero attached hydrogens (tertiary/aromatic N) is 1. The minimum absolute atomic E-state index is 0.131. The minimum atomic E-state index is -0.443. The van der Waals surface area contributed by atoms with Crippen LogP contribution >= 0.6 is 11.6 Å². The van der Waals surface area contributed by atoms with Crippen molar-refractivity contribution in [1.82, 2.24) is 4.90 Å². The zero-order valence-electron chi connectivity index (χ0n) is 13.1. The van der Waals surface area contributed by atoms with Crippen LogP contribution in [0.3, 0.4) is 0 Å². The largest absolute Gasteiger partial charge is 0.481 e. The van der Waals surface area contributed by atoms with Crippen molar-refractivity contribution >= 4 is 17.5 Å². The molecule has 3 nitrogen and oxygen atoms in total. The summed E-state index contributed by atoms with van der Waals surface area (Å²) >= 11 is 5.88. The number of amides is 1. The summed E-state index contributed by atoms with van der Waals surface area (Å²) in [5, 5.41) is 0.674. The van der Waals surface area contributed by atoms with Crippen LogP contribution in [-0.4, -0.2) is 29.5 Å². The summed E-state index contributed by atoms with van der Waals surface area (Å²) in [6.07, 6.45) is 6.96. The van der Waals surface area contributed by atoms with E-state index in [1.165, 1.54) is 25.7 Å². The van der Waals surface area contributed by atoms with Crippen molar-refractivity contribution < 1.29 is 9.53 Å². The Balaban J connectivity index is 1.65. The third kappa shape index (κ3) is 3.40. The van der Waals surface area contributed by atoms with E-state index in [1.54, 1.807) is 12.1 Å². The molecule has 0 bridgehead atoms. The summed E-state index contributed by atoms with van der Waals surface area (Å²) in [6, 6.07) is 7.63. The van der Waals surface area contributed by atoms with Crippen molar-refractivity contribution in [3.63, 3.8) is 0 Å². The predicted molar refractivity (Wildman–Crippen MR) is 88.2 cm³/mol. The highest BCUT2D eigenvalue weighted by atomic mass is 35.5. The summed E-state index contributed by atoms with van der Waals surface area (Å²) in [6.45, 7) is 2.73. The van der Waals surface area contributed by atoms with Gasteiger partial charge in [-0.05, 0) is 62.8 Å². The van der Waals surface area contributed by atoms with E-state index in [4.69, 9.17) is 16.3 Å². The van der Waals surface area contributed by atoms with E-state index < -0.39 is 6.10 Å². The van der Waals surface area contributed by atoms with Crippen LogP contribution in [0.2, 0.25) is 5.02 Å². The molecule has 22 heavy (non-hydrogen) atoms. The number of piperidine rings is 1. The van der Waals surface area contributed by atoms with Gasteiger partial charge in [-0.3, -0.25) is 4.79 Å². The molecular weight excluding hydrogens is 298 g/mol. The molecule has 3 unspecified atom stereocenters. The zero-order valence-corrected chi connectivity index (χ0v) is 13.9. The molecule has 0 spiro atoms. The highest BCUT2D eigenvalue weighted by Crippen LogP contribution is 2.35. The van der Waals surface area contributed by atoms with E-state index in [2.05, 4.69) is 4.90 Å². The maximum Gasteiger partial charge on any atom is 0.263 e. The highest BCUT2D eigenvalue weighted by molar-refractivity contribution is 6.30. The highest BCUT2D eigenvalue weighted by Gasteiger charge is 2.37. The lowest BCUT2D eigenvalue weighted by atomic mass is 9.78. The van der Waals surface area contributed by atoms with Gasteiger partial charge in [0.2, 0.25) is 0 Å². The average Bonchev–Trinajstić information content (AvgIpc) is 2.55. The maximum absolute atomic E-state index is 12.8. The fraction of sp³-hybridized carbons (Fsp3) is 0.611. The van der Waals surface area contributed by atoms with Gasteiger partial charge in [-0.25, -0.2) is 0 Å². The van der Waals surface area contributed by atoms with Crippen molar-refractivity contribution in [1.29, 1.82) is 0 Å². The number of ether oxygens (including phenoxy) is 1. The monoisotopic (exact) mass is 321 g/mol. The molecule has 1 aliphatic carbocycles. The first-order chi connectivity index (χ1) is 10.6. The van der Waals surface area contributed by atoms with Crippen LogP contribution in [0.1, 0.15) is 45.4 Å². The standard InChI is InChI=1S/C18H24ClNO2/c1-13(22-16-10-8-15(19)9-11-16)18(21)20-12-4-6-14-5-2-3-7-17(14)20/h8-11,13-14,17H,2-7,12H2,1H3. The van der Waals surface area contributed by atoms with Gasteiger partial charge >= 0.3 is 0 Å². The summed E-state index contributed by atoms with van der Waals surface area (Å²) in [5.41, 5.74) is 0. The van der Waals surface area contributed by atoms with Crippen molar-refractivity contribution in [3.05, 3.63) is 29.3 Å². The number of likely N-dealkylation sites (tertiary alicyclic amines) is 1. The van der Waals surface area contributed by atoms with E-state index in [0.29, 0.717) is 22.7 Å². The Hall–Kier alpha value is -1.22. The third-order valence-corrected chi connectivity index (χ3v) is 5.25. The summed E-state index contributed by atoms with van der Waals surface area (Å²) in [7, 11) is 0. The summed E-state index contributed by atoms with van der Waals surface area (Å²) < 4.78 is 5.81. The molecule has 4 heteroatoms. The van der Waals surface area contributed by atoms with Gasteiger partial charge < -0.3 is 9.64 Å². The second-order valence-corrected chi connectivity index (χ2v) is 6.94. The fourth-order valence-electron chi connectivity index (χ4n) is 3.90. The molecule has 1 saturated carbocycles. The Morgan fingerprint density at radius 3 is 2.64 bits per heavy atom. The molecule has 1 saturated heterocycles. The lowest BCUT2D eigenvalue weighted by Crippen LogP contribution is -2.53. The number of rotatable bonds is 3. The smallest absolute Gasteiger partial charge is 0.263 e. The van der Waals surface area contributed by atoms with Crippen LogP contribution in [0, 0.1) is 5.92 Å². The van der Waals surface area contributed by atoms with E-state index >= 15 is 0 Å². The SMILES string of the molecule is CC(Oc1ccc(Cl)cc1)C(=O)N1CCCC2CCCCC21. The molecule has 1 aromatic rings. The van der Waals surface area contributed by atoms with Crippen LogP contribution in [-0.2, 0) is 4.79 Å². The average molecular weight is 322 g/mol. The molecule has 0 radical (unpaired) electrons. The van der Waals surface area contributed by atoms with Crippen molar-refractivity contribution in [2.45, 2.75) is 57.6 Å². The number of halogens is 1. The molecule has 0 N–H and O–H groups in total. The molecule has 3 atom stereocenters. The van der Waals surface area contributed by atoms with Gasteiger partial charge in [-0.15, -0.1) is 0 Å². The Labute approximate surface area is 137 Å². The molecule has 1 heterocycles. The van der Waals surface area contributed by atoms with Gasteiger partial charge in [-0.2, -0.15) is 0 Å². The Morgan fingerprint density at radius 1 is 1.18 bits per heavy atom. The van der Waals surface area contributed by atoms with Gasteiger partial charge in [-0.1, -0.05) is 24.4 Å². The Morgan fingerprint density at radius 2 is 1.86 bits per heavy atom. The van der Waals surface area contributed by atoms with Crippen LogP contribution in [0.25, 0.3) is 0 Å². The fourth-order valence-corrected chi connectivity index (χ4v) is 4.03. The molecular formula is C18H24ClNO2. The Bertz CT molecular complexity index is 514. The first-order valence-corrected chi connectivity index (χ1v) is 8.75. The van der Waals surface area contributed by atoms with E-state index in [0.717, 1.165) is 19.4 Å². The van der Waals surface area contributed by atoms with Crippen molar-refractivity contribution in [2.24, 2.45) is 5.92 Å². The lowest BCUT2D eigenvalue weighted by molar-refractivity contribution is -0.144. The second-order valence-electron chi connectivity index (χ2n) is 6.50. The lowest BCUT2D eigenvalue weighted by Gasteiger charge is -2.44. The van der Waals surface area contributed by atoms with Crippen LogP contribution in [0.4, 0.5) is 0 Å². The first-order valence-electron chi connectivity index (χ1n) is 8.38. The van der Waals surface area contributed by atoms with Crippen molar-refractivity contribution in [3.8, 4) is 5.75 Å². The summed E-state index contributed by atoms with van der Waals surface area (Å²) in [4.78, 5) is 14.9. The normalized spacial score (nSPS) is 26.2. The minimum Gasteiger partial charge on any atom is -0.481 e. The number of hydrogen-bond acceptors (Lipinski definition) is 2. The molecule has 1 aromatic carbocycles. The van der Waals surface area contributed by atoms with Crippen LogP contribution in [0.15, 0.2) is 24.3 Å². The third-order valence-electron chi connectivity index (χ3n) is 5.00. The van der Waals surface area contributed by atoms with E-state index in [9.17, 15) is 4.79 Å². The number of hydrogen-bond donors (Lipinski definition) is 0. The van der Waals surface area contributed by atoms with Gasteiger partial charge in [0.25, 0.3) is 5.91 Å². The van der Waals surface area contributed by atoms with Gasteiger partial charge in [0.15, 0.2) is 6.10 Å². The number of carbonyl (C=O) groups excluding carboxylic acids is 1. The van der Waals surface area contributed by atoms with Gasteiger partial charge in [0.05, 0.1) is 0 Å².